The molecule has 2 amide bonds. The van der Waals surface area contributed by atoms with Gasteiger partial charge in [-0.25, -0.2) is 4.68 Å². The number of amides is 2. The van der Waals surface area contributed by atoms with Gasteiger partial charge in [0.1, 0.15) is 5.69 Å². The molecule has 0 spiro atoms. The molecule has 7 nitrogen and oxygen atoms in total. The first-order chi connectivity index (χ1) is 15.7. The van der Waals surface area contributed by atoms with E-state index in [0.717, 1.165) is 35.3 Å². The zero-order valence-electron chi connectivity index (χ0n) is 17.8. The highest BCUT2D eigenvalue weighted by Crippen LogP contribution is 2.31. The van der Waals surface area contributed by atoms with Crippen molar-refractivity contribution in [2.45, 2.75) is 12.8 Å². The van der Waals surface area contributed by atoms with Crippen LogP contribution < -0.4 is 0 Å². The van der Waals surface area contributed by atoms with Gasteiger partial charge in [0.25, 0.3) is 0 Å². The first kappa shape index (κ1) is 20.2. The van der Waals surface area contributed by atoms with E-state index in [9.17, 15) is 9.59 Å². The zero-order chi connectivity index (χ0) is 21.9. The molecule has 1 saturated carbocycles. The Hall–Kier alpha value is -3.74. The lowest BCUT2D eigenvalue weighted by Gasteiger charge is -2.34. The zero-order valence-corrected chi connectivity index (χ0v) is 17.8. The second-order valence-electron chi connectivity index (χ2n) is 8.21. The van der Waals surface area contributed by atoms with Crippen molar-refractivity contribution in [1.29, 1.82) is 0 Å². The van der Waals surface area contributed by atoms with E-state index in [4.69, 9.17) is 5.10 Å². The molecule has 7 heteroatoms. The standard InChI is InChI=1S/C25H25N5O2/c31-23(28-13-15-29(16-14-28)25(32)19-8-9-19)11-10-21-18-30(22-6-2-1-3-7-22)27-24(21)20-5-4-12-26-17-20/h1-7,10-12,17-19H,8-9,13-16H2/b11-10+. The minimum absolute atomic E-state index is 0.0480. The van der Waals surface area contributed by atoms with E-state index in [1.54, 1.807) is 23.4 Å². The fraction of sp³-hybridized carbons (Fsp3) is 0.280. The lowest BCUT2D eigenvalue weighted by Crippen LogP contribution is -2.50. The van der Waals surface area contributed by atoms with Gasteiger partial charge in [-0.3, -0.25) is 14.6 Å². The average Bonchev–Trinajstić information content (AvgIpc) is 3.62. The second kappa shape index (κ2) is 8.78. The maximum atomic E-state index is 12.8. The van der Waals surface area contributed by atoms with E-state index in [2.05, 4.69) is 4.98 Å². The molecule has 0 N–H and O–H groups in total. The molecule has 0 bridgehead atoms. The van der Waals surface area contributed by atoms with Crippen LogP contribution in [-0.2, 0) is 9.59 Å². The third-order valence-electron chi connectivity index (χ3n) is 5.93. The first-order valence-electron chi connectivity index (χ1n) is 11.0. The quantitative estimate of drug-likeness (QED) is 0.587. The summed E-state index contributed by atoms with van der Waals surface area (Å²) in [6.45, 7) is 2.37. The molecule has 3 heterocycles. The van der Waals surface area contributed by atoms with Gasteiger partial charge in [0, 0.05) is 67.9 Å². The lowest BCUT2D eigenvalue weighted by molar-refractivity contribution is -0.138. The van der Waals surface area contributed by atoms with Crippen molar-refractivity contribution in [2.75, 3.05) is 26.2 Å². The van der Waals surface area contributed by atoms with Gasteiger partial charge in [-0.2, -0.15) is 5.10 Å². The third kappa shape index (κ3) is 4.32. The SMILES string of the molecule is O=C(/C=C/c1cn(-c2ccccc2)nc1-c1cccnc1)N1CCN(C(=O)C2CC2)CC1. The van der Waals surface area contributed by atoms with Crippen LogP contribution in [0.25, 0.3) is 23.0 Å². The van der Waals surface area contributed by atoms with Crippen LogP contribution in [0.1, 0.15) is 18.4 Å². The number of pyridine rings is 1. The Morgan fingerprint density at radius 1 is 0.938 bits per heavy atom. The van der Waals surface area contributed by atoms with Gasteiger partial charge in [-0.15, -0.1) is 0 Å². The molecule has 3 aromatic rings. The Bertz CT molecular complexity index is 1130. The predicted molar refractivity (Wildman–Crippen MR) is 122 cm³/mol. The number of para-hydroxylation sites is 1. The lowest BCUT2D eigenvalue weighted by atomic mass is 10.1. The fourth-order valence-corrected chi connectivity index (χ4v) is 3.95. The smallest absolute Gasteiger partial charge is 0.246 e. The summed E-state index contributed by atoms with van der Waals surface area (Å²) in [5, 5.41) is 4.75. The van der Waals surface area contributed by atoms with Crippen LogP contribution in [0.5, 0.6) is 0 Å². The number of aromatic nitrogens is 3. The number of piperazine rings is 1. The molecular formula is C25H25N5O2. The molecule has 1 aromatic carbocycles. The number of nitrogens with zero attached hydrogens (tertiary/aromatic N) is 5. The molecule has 1 saturated heterocycles. The molecule has 5 rings (SSSR count). The molecule has 1 aliphatic heterocycles. The van der Waals surface area contributed by atoms with Crippen molar-refractivity contribution in [3.8, 4) is 16.9 Å². The predicted octanol–water partition coefficient (Wildman–Crippen LogP) is 3.03. The topological polar surface area (TPSA) is 71.3 Å². The Balaban J connectivity index is 1.33. The molecule has 2 aromatic heterocycles. The number of carbonyl (C=O) groups is 2. The van der Waals surface area contributed by atoms with Crippen molar-refractivity contribution < 1.29 is 9.59 Å². The highest BCUT2D eigenvalue weighted by atomic mass is 16.2. The van der Waals surface area contributed by atoms with Crippen molar-refractivity contribution in [3.05, 3.63) is 72.7 Å². The Kier molecular flexibility index (Phi) is 5.54. The van der Waals surface area contributed by atoms with E-state index in [1.165, 1.54) is 0 Å². The molecule has 162 valence electrons. The average molecular weight is 428 g/mol. The molecule has 0 radical (unpaired) electrons. The van der Waals surface area contributed by atoms with Gasteiger partial charge >= 0.3 is 0 Å². The van der Waals surface area contributed by atoms with Gasteiger partial charge < -0.3 is 9.80 Å². The van der Waals surface area contributed by atoms with Crippen LogP contribution >= 0.6 is 0 Å². The van der Waals surface area contributed by atoms with Gasteiger partial charge in [0.15, 0.2) is 0 Å². The van der Waals surface area contributed by atoms with E-state index >= 15 is 0 Å². The molecular weight excluding hydrogens is 402 g/mol. The van der Waals surface area contributed by atoms with Crippen LogP contribution in [0.2, 0.25) is 0 Å². The summed E-state index contributed by atoms with van der Waals surface area (Å²) >= 11 is 0. The summed E-state index contributed by atoms with van der Waals surface area (Å²) in [6, 6.07) is 13.7. The highest BCUT2D eigenvalue weighted by molar-refractivity contribution is 5.93. The molecule has 32 heavy (non-hydrogen) atoms. The number of rotatable bonds is 5. The fourth-order valence-electron chi connectivity index (χ4n) is 3.95. The maximum Gasteiger partial charge on any atom is 0.246 e. The van der Waals surface area contributed by atoms with Gasteiger partial charge in [-0.05, 0) is 43.2 Å². The van der Waals surface area contributed by atoms with Crippen molar-refractivity contribution in [1.82, 2.24) is 24.6 Å². The van der Waals surface area contributed by atoms with Gasteiger partial charge in [0.2, 0.25) is 11.8 Å². The van der Waals surface area contributed by atoms with E-state index < -0.39 is 0 Å². The van der Waals surface area contributed by atoms with Crippen molar-refractivity contribution in [2.24, 2.45) is 5.92 Å². The highest BCUT2D eigenvalue weighted by Gasteiger charge is 2.34. The maximum absolute atomic E-state index is 12.8. The second-order valence-corrected chi connectivity index (χ2v) is 8.21. The van der Waals surface area contributed by atoms with Crippen LogP contribution in [0.15, 0.2) is 67.1 Å². The Labute approximate surface area is 187 Å². The molecule has 1 aliphatic carbocycles. The number of benzene rings is 1. The van der Waals surface area contributed by atoms with Gasteiger partial charge in [-0.1, -0.05) is 18.2 Å². The number of carbonyl (C=O) groups excluding carboxylic acids is 2. The van der Waals surface area contributed by atoms with E-state index in [1.807, 2.05) is 64.3 Å². The van der Waals surface area contributed by atoms with E-state index in [0.29, 0.717) is 26.2 Å². The summed E-state index contributed by atoms with van der Waals surface area (Å²) in [5.41, 5.74) is 3.45. The van der Waals surface area contributed by atoms with Crippen molar-refractivity contribution in [3.63, 3.8) is 0 Å². The Morgan fingerprint density at radius 2 is 1.69 bits per heavy atom. The molecule has 2 aliphatic rings. The largest absolute Gasteiger partial charge is 0.339 e. The summed E-state index contributed by atoms with van der Waals surface area (Å²) in [6.07, 6.45) is 10.9. The van der Waals surface area contributed by atoms with E-state index in [-0.39, 0.29) is 17.7 Å². The van der Waals surface area contributed by atoms with Crippen molar-refractivity contribution >= 4 is 17.9 Å². The molecule has 0 atom stereocenters. The van der Waals surface area contributed by atoms with Gasteiger partial charge in [0.05, 0.1) is 5.69 Å². The summed E-state index contributed by atoms with van der Waals surface area (Å²) in [4.78, 5) is 33.0. The van der Waals surface area contributed by atoms with Crippen LogP contribution in [0.3, 0.4) is 0 Å². The minimum Gasteiger partial charge on any atom is -0.339 e. The summed E-state index contributed by atoms with van der Waals surface area (Å²) in [7, 11) is 0. The molecule has 2 fully saturated rings. The minimum atomic E-state index is -0.0480. The third-order valence-corrected chi connectivity index (χ3v) is 5.93. The normalized spacial score (nSPS) is 16.5. The summed E-state index contributed by atoms with van der Waals surface area (Å²) < 4.78 is 1.81. The Morgan fingerprint density at radius 3 is 2.38 bits per heavy atom. The monoisotopic (exact) mass is 427 g/mol. The number of hydrogen-bond acceptors (Lipinski definition) is 4. The first-order valence-corrected chi connectivity index (χ1v) is 11.0. The van der Waals surface area contributed by atoms with Crippen LogP contribution in [-0.4, -0.2) is 62.6 Å². The molecule has 0 unspecified atom stereocenters. The number of hydrogen-bond donors (Lipinski definition) is 0. The van der Waals surface area contributed by atoms with Crippen LogP contribution in [0.4, 0.5) is 0 Å². The van der Waals surface area contributed by atoms with Crippen LogP contribution in [0, 0.1) is 5.92 Å². The summed E-state index contributed by atoms with van der Waals surface area (Å²) in [5.74, 6) is 0.430.